The Morgan fingerprint density at radius 1 is 1.25 bits per heavy atom. The Hall–Kier alpha value is -2.51. The highest BCUT2D eigenvalue weighted by atomic mass is 35.5. The maximum atomic E-state index is 11.8. The lowest BCUT2D eigenvalue weighted by Gasteiger charge is -2.09. The summed E-state index contributed by atoms with van der Waals surface area (Å²) in [5.41, 5.74) is 1.98. The fraction of sp³-hybridized carbons (Fsp3) is 0.0667. The molecule has 0 aromatic heterocycles. The lowest BCUT2D eigenvalue weighted by Crippen LogP contribution is -2.17. The van der Waals surface area contributed by atoms with Gasteiger partial charge in [0, 0.05) is 10.7 Å². The second-order valence-corrected chi connectivity index (χ2v) is 4.55. The first-order valence-electron chi connectivity index (χ1n) is 5.83. The van der Waals surface area contributed by atoms with E-state index in [1.807, 2.05) is 13.0 Å². The number of ether oxygens (including phenoxy) is 1. The monoisotopic (exact) mass is 286 g/mol. The Morgan fingerprint density at radius 2 is 1.95 bits per heavy atom. The number of carbonyl (C=O) groups is 1. The fourth-order valence-corrected chi connectivity index (χ4v) is 1.74. The van der Waals surface area contributed by atoms with Gasteiger partial charge in [-0.2, -0.15) is 5.26 Å². The van der Waals surface area contributed by atoms with E-state index in [0.717, 1.165) is 5.56 Å². The smallest absolute Gasteiger partial charge is 0.410 e. The van der Waals surface area contributed by atoms with Crippen LogP contribution in [0.15, 0.2) is 42.5 Å². The number of nitriles is 1. The molecule has 4 nitrogen and oxygen atoms in total. The molecule has 2 aromatic carbocycles. The van der Waals surface area contributed by atoms with E-state index in [1.165, 1.54) is 0 Å². The number of amides is 1. The van der Waals surface area contributed by atoms with Crippen LogP contribution in [0.3, 0.4) is 0 Å². The Labute approximate surface area is 121 Å². The Kier molecular flexibility index (Phi) is 4.24. The SMILES string of the molecule is Cc1ccc(Cl)cc1NC(=O)Oc1ccc(C#N)cc1. The lowest BCUT2D eigenvalue weighted by molar-refractivity contribution is 0.215. The van der Waals surface area contributed by atoms with Crippen molar-refractivity contribution in [1.82, 2.24) is 0 Å². The third kappa shape index (κ3) is 3.50. The van der Waals surface area contributed by atoms with Gasteiger partial charge < -0.3 is 4.74 Å². The van der Waals surface area contributed by atoms with Gasteiger partial charge in [-0.3, -0.25) is 5.32 Å². The van der Waals surface area contributed by atoms with Gasteiger partial charge >= 0.3 is 6.09 Å². The Bertz CT molecular complexity index is 675. The molecule has 5 heteroatoms. The van der Waals surface area contributed by atoms with E-state index in [4.69, 9.17) is 21.6 Å². The minimum Gasteiger partial charge on any atom is -0.410 e. The number of anilines is 1. The molecule has 0 unspecified atom stereocenters. The summed E-state index contributed by atoms with van der Waals surface area (Å²) in [4.78, 5) is 11.8. The zero-order valence-corrected chi connectivity index (χ0v) is 11.4. The number of nitrogens with zero attached hydrogens (tertiary/aromatic N) is 1. The molecule has 0 atom stereocenters. The van der Waals surface area contributed by atoms with Crippen LogP contribution in [-0.4, -0.2) is 6.09 Å². The van der Waals surface area contributed by atoms with Gasteiger partial charge in [0.25, 0.3) is 0 Å². The van der Waals surface area contributed by atoms with Crippen LogP contribution in [0.1, 0.15) is 11.1 Å². The molecule has 2 rings (SSSR count). The molecule has 1 N–H and O–H groups in total. The van der Waals surface area contributed by atoms with Crippen molar-refractivity contribution < 1.29 is 9.53 Å². The predicted molar refractivity (Wildman–Crippen MR) is 77.0 cm³/mol. The summed E-state index contributed by atoms with van der Waals surface area (Å²) in [5, 5.41) is 11.8. The van der Waals surface area contributed by atoms with Crippen molar-refractivity contribution in [3.8, 4) is 11.8 Å². The van der Waals surface area contributed by atoms with Gasteiger partial charge in [-0.15, -0.1) is 0 Å². The molecule has 0 spiro atoms. The van der Waals surface area contributed by atoms with Gasteiger partial charge in [0.2, 0.25) is 0 Å². The molecule has 0 fully saturated rings. The highest BCUT2D eigenvalue weighted by Gasteiger charge is 2.07. The highest BCUT2D eigenvalue weighted by molar-refractivity contribution is 6.31. The zero-order valence-electron chi connectivity index (χ0n) is 10.7. The summed E-state index contributed by atoms with van der Waals surface area (Å²) >= 11 is 5.87. The average molecular weight is 287 g/mol. The number of carbonyl (C=O) groups excluding carboxylic acids is 1. The van der Waals surface area contributed by atoms with Gasteiger partial charge in [-0.05, 0) is 48.9 Å². The number of rotatable bonds is 2. The van der Waals surface area contributed by atoms with Crippen LogP contribution < -0.4 is 10.1 Å². The predicted octanol–water partition coefficient (Wildman–Crippen LogP) is 4.13. The zero-order chi connectivity index (χ0) is 14.5. The highest BCUT2D eigenvalue weighted by Crippen LogP contribution is 2.21. The molecule has 1 amide bonds. The van der Waals surface area contributed by atoms with Gasteiger partial charge in [0.15, 0.2) is 0 Å². The molecule has 0 radical (unpaired) electrons. The standard InChI is InChI=1S/C15H11ClN2O2/c1-10-2-5-12(16)8-14(10)18-15(19)20-13-6-3-11(9-17)4-7-13/h2-8H,1H3,(H,18,19). The first-order valence-corrected chi connectivity index (χ1v) is 6.21. The first-order chi connectivity index (χ1) is 9.58. The molecule has 0 saturated carbocycles. The van der Waals surface area contributed by atoms with Crippen molar-refractivity contribution in [2.45, 2.75) is 6.92 Å². The normalized spacial score (nSPS) is 9.65. The molecule has 0 aliphatic rings. The van der Waals surface area contributed by atoms with E-state index in [2.05, 4.69) is 5.32 Å². The van der Waals surface area contributed by atoms with Gasteiger partial charge in [-0.25, -0.2) is 4.79 Å². The maximum Gasteiger partial charge on any atom is 0.417 e. The van der Waals surface area contributed by atoms with Crippen molar-refractivity contribution in [3.05, 3.63) is 58.6 Å². The molecule has 0 aliphatic carbocycles. The molecule has 0 saturated heterocycles. The average Bonchev–Trinajstić information content (AvgIpc) is 2.43. The molecular formula is C15H11ClN2O2. The van der Waals surface area contributed by atoms with Crippen molar-refractivity contribution in [2.24, 2.45) is 0 Å². The Morgan fingerprint density at radius 3 is 2.60 bits per heavy atom. The number of hydrogen-bond donors (Lipinski definition) is 1. The van der Waals surface area contributed by atoms with Crippen LogP contribution in [0, 0.1) is 18.3 Å². The van der Waals surface area contributed by atoms with Crippen molar-refractivity contribution in [3.63, 3.8) is 0 Å². The van der Waals surface area contributed by atoms with Crippen molar-refractivity contribution >= 4 is 23.4 Å². The second-order valence-electron chi connectivity index (χ2n) is 4.11. The number of nitrogens with one attached hydrogen (secondary N) is 1. The van der Waals surface area contributed by atoms with Crippen LogP contribution in [0.2, 0.25) is 5.02 Å². The molecule has 0 bridgehead atoms. The van der Waals surface area contributed by atoms with E-state index in [-0.39, 0.29) is 0 Å². The molecule has 20 heavy (non-hydrogen) atoms. The fourth-order valence-electron chi connectivity index (χ4n) is 1.57. The van der Waals surface area contributed by atoms with Crippen LogP contribution in [-0.2, 0) is 0 Å². The quantitative estimate of drug-likeness (QED) is 0.903. The summed E-state index contributed by atoms with van der Waals surface area (Å²) < 4.78 is 5.11. The summed E-state index contributed by atoms with van der Waals surface area (Å²) in [6.45, 7) is 1.85. The van der Waals surface area contributed by atoms with Crippen LogP contribution in [0.4, 0.5) is 10.5 Å². The third-order valence-electron chi connectivity index (χ3n) is 2.63. The van der Waals surface area contributed by atoms with Crippen LogP contribution in [0.5, 0.6) is 5.75 Å². The third-order valence-corrected chi connectivity index (χ3v) is 2.87. The van der Waals surface area contributed by atoms with E-state index in [0.29, 0.717) is 22.0 Å². The molecule has 0 aliphatic heterocycles. The summed E-state index contributed by atoms with van der Waals surface area (Å²) in [7, 11) is 0. The van der Waals surface area contributed by atoms with Crippen LogP contribution in [0.25, 0.3) is 0 Å². The molecule has 0 heterocycles. The molecule has 2 aromatic rings. The second kappa shape index (κ2) is 6.09. The minimum absolute atomic E-state index is 0.362. The number of hydrogen-bond acceptors (Lipinski definition) is 3. The van der Waals surface area contributed by atoms with E-state index in [9.17, 15) is 4.79 Å². The van der Waals surface area contributed by atoms with Gasteiger partial charge in [-0.1, -0.05) is 17.7 Å². The van der Waals surface area contributed by atoms with Gasteiger partial charge in [0.05, 0.1) is 11.6 Å². The van der Waals surface area contributed by atoms with Crippen LogP contribution >= 0.6 is 11.6 Å². The number of halogens is 1. The topological polar surface area (TPSA) is 62.1 Å². The van der Waals surface area contributed by atoms with Gasteiger partial charge in [0.1, 0.15) is 5.75 Å². The minimum atomic E-state index is -0.611. The number of aryl methyl sites for hydroxylation is 1. The van der Waals surface area contributed by atoms with E-state index < -0.39 is 6.09 Å². The summed E-state index contributed by atoms with van der Waals surface area (Å²) in [5.74, 6) is 0.362. The largest absolute Gasteiger partial charge is 0.417 e. The van der Waals surface area contributed by atoms with E-state index >= 15 is 0 Å². The van der Waals surface area contributed by atoms with E-state index in [1.54, 1.807) is 42.5 Å². The summed E-state index contributed by atoms with van der Waals surface area (Å²) in [6.07, 6.45) is -0.611. The summed E-state index contributed by atoms with van der Waals surface area (Å²) in [6, 6.07) is 13.5. The maximum absolute atomic E-state index is 11.8. The van der Waals surface area contributed by atoms with Crippen molar-refractivity contribution in [2.75, 3.05) is 5.32 Å². The van der Waals surface area contributed by atoms with Crippen molar-refractivity contribution in [1.29, 1.82) is 5.26 Å². The first kappa shape index (κ1) is 13.9. The molecule has 100 valence electrons. The molecular weight excluding hydrogens is 276 g/mol. The Balaban J connectivity index is 2.05. The number of benzene rings is 2. The lowest BCUT2D eigenvalue weighted by atomic mass is 10.2.